The summed E-state index contributed by atoms with van der Waals surface area (Å²) in [4.78, 5) is 13.0. The highest BCUT2D eigenvalue weighted by molar-refractivity contribution is 6.30. The predicted molar refractivity (Wildman–Crippen MR) is 75.4 cm³/mol. The van der Waals surface area contributed by atoms with Gasteiger partial charge >= 0.3 is 0 Å². The first-order valence-electron chi connectivity index (χ1n) is 6.38. The number of benzene rings is 1. The number of nitrogens with one attached hydrogen (secondary N) is 1. The number of nitrogens with zero attached hydrogens (tertiary/aromatic N) is 2. The molecule has 19 heavy (non-hydrogen) atoms. The maximum atomic E-state index is 11.1. The summed E-state index contributed by atoms with van der Waals surface area (Å²) in [6, 6.07) is 5.61. The summed E-state index contributed by atoms with van der Waals surface area (Å²) >= 11 is 5.83. The maximum Gasteiger partial charge on any atom is 0.275 e. The summed E-state index contributed by atoms with van der Waals surface area (Å²) < 4.78 is 0. The quantitative estimate of drug-likeness (QED) is 0.684. The molecule has 0 bridgehead atoms. The van der Waals surface area contributed by atoms with Crippen LogP contribution in [0.1, 0.15) is 19.4 Å². The molecule has 0 spiro atoms. The number of rotatable bonds is 3. The van der Waals surface area contributed by atoms with Gasteiger partial charge in [-0.1, -0.05) is 11.6 Å². The Hall–Kier alpha value is -1.17. The minimum absolute atomic E-state index is 0.102. The summed E-state index contributed by atoms with van der Waals surface area (Å²) in [5, 5.41) is 14.8. The second-order valence-electron chi connectivity index (χ2n) is 5.06. The Morgan fingerprint density at radius 2 is 2.05 bits per heavy atom. The SMILES string of the molecule is CC1CNCC(C)N1Cc1ccc(Cl)cc1[N+](=O)[O-]. The van der Waals surface area contributed by atoms with Gasteiger partial charge in [0.25, 0.3) is 5.69 Å². The molecule has 6 heteroatoms. The summed E-state index contributed by atoms with van der Waals surface area (Å²) in [6.45, 7) is 6.66. The van der Waals surface area contributed by atoms with E-state index in [0.29, 0.717) is 23.7 Å². The number of piperazine rings is 1. The van der Waals surface area contributed by atoms with Gasteiger partial charge in [-0.3, -0.25) is 15.0 Å². The molecular formula is C13H18ClN3O2. The number of nitro benzene ring substituents is 1. The van der Waals surface area contributed by atoms with Crippen LogP contribution in [-0.4, -0.2) is 35.0 Å². The first kappa shape index (κ1) is 14.2. The van der Waals surface area contributed by atoms with Crippen molar-refractivity contribution in [2.45, 2.75) is 32.5 Å². The smallest absolute Gasteiger partial charge is 0.275 e. The fourth-order valence-electron chi connectivity index (χ4n) is 2.52. The number of hydrogen-bond donors (Lipinski definition) is 1. The Labute approximate surface area is 117 Å². The fraction of sp³-hybridized carbons (Fsp3) is 0.538. The molecule has 1 N–H and O–H groups in total. The molecule has 1 aliphatic heterocycles. The molecule has 0 radical (unpaired) electrons. The Bertz CT molecular complexity index is 471. The van der Waals surface area contributed by atoms with Gasteiger partial charge < -0.3 is 5.32 Å². The lowest BCUT2D eigenvalue weighted by molar-refractivity contribution is -0.385. The third-order valence-corrected chi connectivity index (χ3v) is 3.84. The lowest BCUT2D eigenvalue weighted by Gasteiger charge is -2.39. The molecule has 2 atom stereocenters. The minimum Gasteiger partial charge on any atom is -0.314 e. The van der Waals surface area contributed by atoms with E-state index >= 15 is 0 Å². The van der Waals surface area contributed by atoms with Crippen LogP contribution in [0.3, 0.4) is 0 Å². The molecule has 2 unspecified atom stereocenters. The molecule has 0 amide bonds. The van der Waals surface area contributed by atoms with E-state index in [2.05, 4.69) is 24.1 Å². The van der Waals surface area contributed by atoms with E-state index in [9.17, 15) is 10.1 Å². The van der Waals surface area contributed by atoms with Crippen molar-refractivity contribution in [1.82, 2.24) is 10.2 Å². The average Bonchev–Trinajstić information content (AvgIpc) is 2.35. The van der Waals surface area contributed by atoms with Gasteiger partial charge in [-0.05, 0) is 26.0 Å². The predicted octanol–water partition coefficient (Wildman–Crippen LogP) is 2.43. The van der Waals surface area contributed by atoms with Crippen molar-refractivity contribution in [3.05, 3.63) is 38.9 Å². The van der Waals surface area contributed by atoms with Gasteiger partial charge in [0.1, 0.15) is 0 Å². The standard InChI is InChI=1S/C13H18ClN3O2/c1-9-6-15-7-10(2)16(9)8-11-3-4-12(14)5-13(11)17(18)19/h3-5,9-10,15H,6-8H2,1-2H3. The summed E-state index contributed by atoms with van der Waals surface area (Å²) in [6.07, 6.45) is 0. The minimum atomic E-state index is -0.362. The third kappa shape index (κ3) is 3.23. The van der Waals surface area contributed by atoms with Crippen molar-refractivity contribution >= 4 is 17.3 Å². The first-order valence-corrected chi connectivity index (χ1v) is 6.76. The molecule has 1 aliphatic rings. The van der Waals surface area contributed by atoms with Crippen molar-refractivity contribution in [2.75, 3.05) is 13.1 Å². The monoisotopic (exact) mass is 283 g/mol. The lowest BCUT2D eigenvalue weighted by atomic mass is 10.1. The fourth-order valence-corrected chi connectivity index (χ4v) is 2.69. The Balaban J connectivity index is 2.24. The van der Waals surface area contributed by atoms with Gasteiger partial charge in [0.05, 0.1) is 4.92 Å². The number of halogens is 1. The van der Waals surface area contributed by atoms with Gasteiger partial charge in [0.15, 0.2) is 0 Å². The molecule has 0 aromatic heterocycles. The van der Waals surface area contributed by atoms with E-state index in [1.807, 2.05) is 0 Å². The highest BCUT2D eigenvalue weighted by Gasteiger charge is 2.26. The molecule has 104 valence electrons. The molecule has 5 nitrogen and oxygen atoms in total. The molecule has 2 rings (SSSR count). The van der Waals surface area contributed by atoms with Crippen LogP contribution in [0.2, 0.25) is 5.02 Å². The normalized spacial score (nSPS) is 24.4. The molecular weight excluding hydrogens is 266 g/mol. The first-order chi connectivity index (χ1) is 8.99. The summed E-state index contributed by atoms with van der Waals surface area (Å²) in [5.74, 6) is 0. The van der Waals surface area contributed by atoms with E-state index in [1.165, 1.54) is 6.07 Å². The number of hydrogen-bond acceptors (Lipinski definition) is 4. The van der Waals surface area contributed by atoms with Crippen LogP contribution in [0.15, 0.2) is 18.2 Å². The van der Waals surface area contributed by atoms with Crippen LogP contribution < -0.4 is 5.32 Å². The van der Waals surface area contributed by atoms with Crippen LogP contribution >= 0.6 is 11.6 Å². The Morgan fingerprint density at radius 1 is 1.42 bits per heavy atom. The average molecular weight is 284 g/mol. The Kier molecular flexibility index (Phi) is 4.39. The van der Waals surface area contributed by atoms with E-state index in [1.54, 1.807) is 12.1 Å². The van der Waals surface area contributed by atoms with Crippen molar-refractivity contribution in [2.24, 2.45) is 0 Å². The highest BCUT2D eigenvalue weighted by Crippen LogP contribution is 2.26. The van der Waals surface area contributed by atoms with Gasteiger partial charge in [-0.2, -0.15) is 0 Å². The van der Waals surface area contributed by atoms with Crippen LogP contribution in [0, 0.1) is 10.1 Å². The second-order valence-corrected chi connectivity index (χ2v) is 5.50. The zero-order chi connectivity index (χ0) is 14.0. The molecule has 1 aromatic rings. The van der Waals surface area contributed by atoms with Crippen LogP contribution in [-0.2, 0) is 6.54 Å². The molecule has 1 fully saturated rings. The van der Waals surface area contributed by atoms with E-state index in [4.69, 9.17) is 11.6 Å². The van der Waals surface area contributed by atoms with Crippen molar-refractivity contribution in [3.63, 3.8) is 0 Å². The largest absolute Gasteiger partial charge is 0.314 e. The van der Waals surface area contributed by atoms with Crippen LogP contribution in [0.5, 0.6) is 0 Å². The molecule has 1 heterocycles. The van der Waals surface area contributed by atoms with Crippen molar-refractivity contribution in [1.29, 1.82) is 0 Å². The number of nitro groups is 1. The second kappa shape index (κ2) is 5.86. The van der Waals surface area contributed by atoms with E-state index in [0.717, 1.165) is 18.7 Å². The van der Waals surface area contributed by atoms with Gasteiger partial charge in [-0.15, -0.1) is 0 Å². The third-order valence-electron chi connectivity index (χ3n) is 3.61. The molecule has 0 saturated carbocycles. The zero-order valence-corrected chi connectivity index (χ0v) is 11.9. The summed E-state index contributed by atoms with van der Waals surface area (Å²) in [5.41, 5.74) is 0.820. The maximum absolute atomic E-state index is 11.1. The molecule has 1 saturated heterocycles. The Morgan fingerprint density at radius 3 is 2.63 bits per heavy atom. The molecule has 0 aliphatic carbocycles. The van der Waals surface area contributed by atoms with Crippen LogP contribution in [0.4, 0.5) is 5.69 Å². The van der Waals surface area contributed by atoms with Crippen LogP contribution in [0.25, 0.3) is 0 Å². The van der Waals surface area contributed by atoms with Crippen molar-refractivity contribution < 1.29 is 4.92 Å². The highest BCUT2D eigenvalue weighted by atomic mass is 35.5. The van der Waals surface area contributed by atoms with Gasteiger partial charge in [0.2, 0.25) is 0 Å². The van der Waals surface area contributed by atoms with Gasteiger partial charge in [0, 0.05) is 48.4 Å². The topological polar surface area (TPSA) is 58.4 Å². The van der Waals surface area contributed by atoms with E-state index in [-0.39, 0.29) is 10.6 Å². The van der Waals surface area contributed by atoms with E-state index < -0.39 is 0 Å². The lowest BCUT2D eigenvalue weighted by Crippen LogP contribution is -2.54. The molecule has 1 aromatic carbocycles. The summed E-state index contributed by atoms with van der Waals surface area (Å²) in [7, 11) is 0. The van der Waals surface area contributed by atoms with Crippen molar-refractivity contribution in [3.8, 4) is 0 Å². The van der Waals surface area contributed by atoms with Gasteiger partial charge in [-0.25, -0.2) is 0 Å². The zero-order valence-electron chi connectivity index (χ0n) is 11.1.